The van der Waals surface area contributed by atoms with Crippen molar-refractivity contribution in [1.29, 1.82) is 0 Å². The highest BCUT2D eigenvalue weighted by atomic mass is 15.2. The fourth-order valence-corrected chi connectivity index (χ4v) is 2.63. The average Bonchev–Trinajstić information content (AvgIpc) is 2.98. The summed E-state index contributed by atoms with van der Waals surface area (Å²) < 4.78 is 0. The van der Waals surface area contributed by atoms with Crippen LogP contribution < -0.4 is 10.2 Å². The summed E-state index contributed by atoms with van der Waals surface area (Å²) in [6, 6.07) is 12.9. The third-order valence-corrected chi connectivity index (χ3v) is 3.82. The van der Waals surface area contributed by atoms with E-state index in [2.05, 4.69) is 39.5 Å². The molecule has 1 atom stereocenters. The molecule has 3 rings (SSSR count). The van der Waals surface area contributed by atoms with E-state index in [0.717, 1.165) is 31.2 Å². The first kappa shape index (κ1) is 13.1. The zero-order valence-electron chi connectivity index (χ0n) is 11.8. The van der Waals surface area contributed by atoms with E-state index in [0.29, 0.717) is 6.04 Å². The predicted octanol–water partition coefficient (Wildman–Crippen LogP) is 1.87. The lowest BCUT2D eigenvalue weighted by atomic mass is 10.1. The predicted molar refractivity (Wildman–Crippen MR) is 81.0 cm³/mol. The number of benzene rings is 1. The summed E-state index contributed by atoms with van der Waals surface area (Å²) in [5.41, 5.74) is 1.25. The number of nitrogens with one attached hydrogen (secondary N) is 1. The molecule has 0 radical (unpaired) electrons. The van der Waals surface area contributed by atoms with E-state index in [1.165, 1.54) is 12.0 Å². The fraction of sp³-hybridized carbons (Fsp3) is 0.375. The van der Waals surface area contributed by atoms with E-state index in [1.807, 2.05) is 25.4 Å². The molecule has 2 heterocycles. The lowest BCUT2D eigenvalue weighted by Crippen LogP contribution is -2.30. The topological polar surface area (TPSA) is 41.0 Å². The second-order valence-corrected chi connectivity index (χ2v) is 5.21. The van der Waals surface area contributed by atoms with Gasteiger partial charge >= 0.3 is 0 Å². The fourth-order valence-electron chi connectivity index (χ4n) is 2.63. The number of anilines is 1. The molecule has 1 saturated heterocycles. The van der Waals surface area contributed by atoms with Crippen LogP contribution in [0.4, 0.5) is 5.82 Å². The van der Waals surface area contributed by atoms with Gasteiger partial charge in [-0.1, -0.05) is 30.3 Å². The molecule has 104 valence electrons. The summed E-state index contributed by atoms with van der Waals surface area (Å²) in [4.78, 5) is 11.4. The Morgan fingerprint density at radius 3 is 2.85 bits per heavy atom. The van der Waals surface area contributed by atoms with Gasteiger partial charge in [0.1, 0.15) is 11.6 Å². The van der Waals surface area contributed by atoms with E-state index in [9.17, 15) is 0 Å². The van der Waals surface area contributed by atoms with Crippen molar-refractivity contribution in [3.8, 4) is 0 Å². The number of nitrogens with zero attached hydrogens (tertiary/aromatic N) is 3. The third kappa shape index (κ3) is 2.96. The molecule has 0 amide bonds. The summed E-state index contributed by atoms with van der Waals surface area (Å²) >= 11 is 0. The van der Waals surface area contributed by atoms with Gasteiger partial charge in [-0.25, -0.2) is 9.97 Å². The van der Waals surface area contributed by atoms with Crippen molar-refractivity contribution in [1.82, 2.24) is 15.3 Å². The monoisotopic (exact) mass is 268 g/mol. The highest BCUT2D eigenvalue weighted by molar-refractivity contribution is 5.39. The maximum absolute atomic E-state index is 4.71. The maximum atomic E-state index is 4.71. The van der Waals surface area contributed by atoms with Crippen molar-refractivity contribution in [3.05, 3.63) is 54.0 Å². The van der Waals surface area contributed by atoms with Gasteiger partial charge in [-0.05, 0) is 25.1 Å². The first-order chi connectivity index (χ1) is 9.85. The Morgan fingerprint density at radius 1 is 1.25 bits per heavy atom. The second kappa shape index (κ2) is 6.01. The Morgan fingerprint density at radius 2 is 2.10 bits per heavy atom. The van der Waals surface area contributed by atoms with Crippen molar-refractivity contribution in [3.63, 3.8) is 0 Å². The number of rotatable bonds is 4. The van der Waals surface area contributed by atoms with Crippen LogP contribution in [0.15, 0.2) is 42.6 Å². The minimum absolute atomic E-state index is 0.572. The summed E-state index contributed by atoms with van der Waals surface area (Å²) in [5, 5.41) is 3.33. The van der Waals surface area contributed by atoms with Gasteiger partial charge in [-0.3, -0.25) is 0 Å². The standard InChI is InChI=1S/C16H20N4/c1-17-14-8-10-20(12-14)16-7-9-18-15(19-16)11-13-5-3-2-4-6-13/h2-7,9,14,17H,8,10-12H2,1H3/t14-/m0/s1. The molecule has 0 unspecified atom stereocenters. The van der Waals surface area contributed by atoms with Gasteiger partial charge in [0.05, 0.1) is 0 Å². The summed E-state index contributed by atoms with van der Waals surface area (Å²) in [6.45, 7) is 2.09. The van der Waals surface area contributed by atoms with Gasteiger partial charge < -0.3 is 10.2 Å². The Labute approximate surface area is 119 Å². The lowest BCUT2D eigenvalue weighted by Gasteiger charge is -2.17. The molecular weight excluding hydrogens is 248 g/mol. The van der Waals surface area contributed by atoms with Crippen LogP contribution >= 0.6 is 0 Å². The molecule has 0 aliphatic carbocycles. The first-order valence-electron chi connectivity index (χ1n) is 7.13. The molecule has 4 heteroatoms. The van der Waals surface area contributed by atoms with Gasteiger partial charge in [0, 0.05) is 31.7 Å². The molecule has 1 aliphatic heterocycles. The molecule has 4 nitrogen and oxygen atoms in total. The molecule has 0 saturated carbocycles. The SMILES string of the molecule is CN[C@H]1CCN(c2ccnc(Cc3ccccc3)n2)C1. The van der Waals surface area contributed by atoms with Crippen LogP contribution in [-0.2, 0) is 6.42 Å². The highest BCUT2D eigenvalue weighted by Crippen LogP contribution is 2.18. The van der Waals surface area contributed by atoms with Crippen LogP contribution in [0.1, 0.15) is 17.8 Å². The minimum atomic E-state index is 0.572. The molecule has 1 aliphatic rings. The third-order valence-electron chi connectivity index (χ3n) is 3.82. The molecule has 20 heavy (non-hydrogen) atoms. The van der Waals surface area contributed by atoms with E-state index >= 15 is 0 Å². The number of aromatic nitrogens is 2. The average molecular weight is 268 g/mol. The number of likely N-dealkylation sites (N-methyl/N-ethyl adjacent to an activating group) is 1. The first-order valence-corrected chi connectivity index (χ1v) is 7.13. The zero-order chi connectivity index (χ0) is 13.8. The molecular formula is C16H20N4. The Hall–Kier alpha value is -1.94. The molecule has 1 aromatic carbocycles. The van der Waals surface area contributed by atoms with Crippen LogP contribution in [0.2, 0.25) is 0 Å². The second-order valence-electron chi connectivity index (χ2n) is 5.21. The minimum Gasteiger partial charge on any atom is -0.355 e. The zero-order valence-corrected chi connectivity index (χ0v) is 11.8. The van der Waals surface area contributed by atoms with Gasteiger partial charge in [0.2, 0.25) is 0 Å². The summed E-state index contributed by atoms with van der Waals surface area (Å²) in [7, 11) is 2.02. The smallest absolute Gasteiger partial charge is 0.135 e. The Kier molecular flexibility index (Phi) is 3.92. The maximum Gasteiger partial charge on any atom is 0.135 e. The molecule has 0 bridgehead atoms. The van der Waals surface area contributed by atoms with Crippen molar-refractivity contribution >= 4 is 5.82 Å². The van der Waals surface area contributed by atoms with Gasteiger partial charge in [0.15, 0.2) is 0 Å². The Balaban J connectivity index is 1.73. The van der Waals surface area contributed by atoms with Crippen molar-refractivity contribution < 1.29 is 0 Å². The van der Waals surface area contributed by atoms with Gasteiger partial charge in [-0.2, -0.15) is 0 Å². The lowest BCUT2D eigenvalue weighted by molar-refractivity contribution is 0.616. The van der Waals surface area contributed by atoms with Crippen molar-refractivity contribution in [2.24, 2.45) is 0 Å². The normalized spacial score (nSPS) is 18.4. The van der Waals surface area contributed by atoms with Crippen LogP contribution in [0.3, 0.4) is 0 Å². The number of hydrogen-bond donors (Lipinski definition) is 1. The molecule has 2 aromatic rings. The Bertz CT molecular complexity index is 555. The largest absolute Gasteiger partial charge is 0.355 e. The summed E-state index contributed by atoms with van der Waals surface area (Å²) in [6.07, 6.45) is 3.83. The van der Waals surface area contributed by atoms with Crippen molar-refractivity contribution in [2.75, 3.05) is 25.0 Å². The van der Waals surface area contributed by atoms with Crippen LogP contribution in [0.5, 0.6) is 0 Å². The van der Waals surface area contributed by atoms with Crippen LogP contribution in [0.25, 0.3) is 0 Å². The van der Waals surface area contributed by atoms with Gasteiger partial charge in [0.25, 0.3) is 0 Å². The van der Waals surface area contributed by atoms with E-state index < -0.39 is 0 Å². The van der Waals surface area contributed by atoms with Crippen molar-refractivity contribution in [2.45, 2.75) is 18.9 Å². The van der Waals surface area contributed by atoms with Gasteiger partial charge in [-0.15, -0.1) is 0 Å². The molecule has 1 N–H and O–H groups in total. The van der Waals surface area contributed by atoms with E-state index in [-0.39, 0.29) is 0 Å². The molecule has 1 fully saturated rings. The molecule has 0 spiro atoms. The van der Waals surface area contributed by atoms with E-state index in [1.54, 1.807) is 0 Å². The van der Waals surface area contributed by atoms with Crippen LogP contribution in [0, 0.1) is 0 Å². The molecule has 1 aromatic heterocycles. The summed E-state index contributed by atoms with van der Waals surface area (Å²) in [5.74, 6) is 1.94. The van der Waals surface area contributed by atoms with Crippen LogP contribution in [-0.4, -0.2) is 36.1 Å². The van der Waals surface area contributed by atoms with E-state index in [4.69, 9.17) is 4.98 Å². The number of hydrogen-bond acceptors (Lipinski definition) is 4. The quantitative estimate of drug-likeness (QED) is 0.919. The highest BCUT2D eigenvalue weighted by Gasteiger charge is 2.22.